The van der Waals surface area contributed by atoms with Crippen LogP contribution in [0.2, 0.25) is 0 Å². The summed E-state index contributed by atoms with van der Waals surface area (Å²) in [6.45, 7) is -0.214. The van der Waals surface area contributed by atoms with E-state index in [0.29, 0.717) is 11.5 Å². The fourth-order valence-electron chi connectivity index (χ4n) is 8.98. The number of pyridine rings is 1. The maximum atomic E-state index is 6.67. The number of benzene rings is 8. The Hall–Kier alpha value is -7.67. The molecule has 12 rings (SSSR count). The standard InChI is InChI=1S/C54H35BN6O.Pt/c1-3-18-39(19-4-1)55-60(40-20-5-2-6-21-40)52-34-33-43(37-53(52)61(55)54-32-15-16-35-56-54)62-42-23-17-22-41(36-42)57-38-58(49-29-12-11-28-48(49)57)50-30-13-14-31-51(50)59-46-26-9-7-24-44(46)45-25-8-10-27-47(45)59;/h1-35H;/q-2;. The Morgan fingerprint density at radius 3 is 1.92 bits per heavy atom. The second kappa shape index (κ2) is 16.0. The van der Waals surface area contributed by atoms with E-state index >= 15 is 0 Å². The summed E-state index contributed by atoms with van der Waals surface area (Å²) in [5, 5.41) is 2.44. The molecule has 9 heteroatoms. The predicted molar refractivity (Wildman–Crippen MR) is 249 cm³/mol. The molecule has 0 aliphatic carbocycles. The molecule has 63 heavy (non-hydrogen) atoms. The van der Waals surface area contributed by atoms with E-state index in [0.717, 1.165) is 67.5 Å². The first kappa shape index (κ1) is 38.3. The zero-order valence-electron chi connectivity index (χ0n) is 33.7. The van der Waals surface area contributed by atoms with Crippen LogP contribution in [-0.4, -0.2) is 21.1 Å². The predicted octanol–water partition coefficient (Wildman–Crippen LogP) is 11.3. The number of imidazole rings is 1. The quantitative estimate of drug-likeness (QED) is 0.0864. The fraction of sp³-hybridized carbons (Fsp3) is 0. The van der Waals surface area contributed by atoms with Crippen LogP contribution in [0.5, 0.6) is 11.5 Å². The summed E-state index contributed by atoms with van der Waals surface area (Å²) in [6, 6.07) is 78.4. The second-order valence-electron chi connectivity index (χ2n) is 15.2. The Balaban J connectivity index is 0.00000444. The number of fused-ring (bicyclic) bond motifs is 5. The van der Waals surface area contributed by atoms with E-state index < -0.39 is 0 Å². The molecule has 11 aromatic rings. The van der Waals surface area contributed by atoms with Crippen LogP contribution in [0.4, 0.5) is 22.9 Å². The van der Waals surface area contributed by atoms with Crippen LogP contribution in [-0.2, 0) is 21.1 Å². The first-order valence-corrected chi connectivity index (χ1v) is 20.7. The summed E-state index contributed by atoms with van der Waals surface area (Å²) >= 11 is 0. The van der Waals surface area contributed by atoms with Gasteiger partial charge in [-0.25, -0.2) is 4.98 Å². The largest absolute Gasteiger partial charge is 0.510 e. The number of ether oxygens (including phenoxy) is 1. The molecule has 0 amide bonds. The van der Waals surface area contributed by atoms with Crippen LogP contribution in [0, 0.1) is 18.5 Å². The van der Waals surface area contributed by atoms with Crippen LogP contribution >= 0.6 is 0 Å². The van der Waals surface area contributed by atoms with Gasteiger partial charge in [-0.1, -0.05) is 139 Å². The Bertz CT molecular complexity index is 3380. The molecule has 0 N–H and O–H groups in total. The topological polar surface area (TPSA) is 42.3 Å². The molecule has 4 heterocycles. The molecule has 7 nitrogen and oxygen atoms in total. The van der Waals surface area contributed by atoms with Crippen molar-refractivity contribution in [1.29, 1.82) is 0 Å². The van der Waals surface area contributed by atoms with Crippen molar-refractivity contribution in [1.82, 2.24) is 14.1 Å². The van der Waals surface area contributed by atoms with Crippen molar-refractivity contribution in [2.45, 2.75) is 0 Å². The van der Waals surface area contributed by atoms with Crippen molar-refractivity contribution < 1.29 is 30.4 Å². The summed E-state index contributed by atoms with van der Waals surface area (Å²) in [5.41, 5.74) is 11.2. The minimum Gasteiger partial charge on any atom is -0.510 e. The molecule has 0 saturated heterocycles. The maximum Gasteiger partial charge on any atom is 0.408 e. The number of aromatic nitrogens is 4. The molecule has 0 bridgehead atoms. The average Bonchev–Trinajstić information content (AvgIpc) is 4.01. The molecule has 1 aliphatic rings. The molecule has 0 fully saturated rings. The maximum absolute atomic E-state index is 6.67. The van der Waals surface area contributed by atoms with Crippen LogP contribution in [0.3, 0.4) is 0 Å². The van der Waals surface area contributed by atoms with Crippen molar-refractivity contribution in [3.63, 3.8) is 0 Å². The van der Waals surface area contributed by atoms with Gasteiger partial charge in [0.2, 0.25) is 0 Å². The van der Waals surface area contributed by atoms with Crippen molar-refractivity contribution in [3.05, 3.63) is 231 Å². The normalized spacial score (nSPS) is 12.2. The molecule has 0 saturated carbocycles. The van der Waals surface area contributed by atoms with Gasteiger partial charge in [0.1, 0.15) is 5.82 Å². The molecule has 0 radical (unpaired) electrons. The zero-order valence-corrected chi connectivity index (χ0v) is 36.0. The van der Waals surface area contributed by atoms with Crippen LogP contribution in [0.15, 0.2) is 212 Å². The van der Waals surface area contributed by atoms with Gasteiger partial charge < -0.3 is 23.5 Å². The molecular formula is C54H35BN6OPt-2. The summed E-state index contributed by atoms with van der Waals surface area (Å²) in [4.78, 5) is 9.42. The average molecular weight is 990 g/mol. The first-order valence-electron chi connectivity index (χ1n) is 20.7. The molecule has 1 aliphatic heterocycles. The summed E-state index contributed by atoms with van der Waals surface area (Å²) in [7, 11) is 0. The van der Waals surface area contributed by atoms with Gasteiger partial charge in [-0.2, -0.15) is 12.1 Å². The number of nitrogens with zero attached hydrogens (tertiary/aromatic N) is 6. The number of hydrogen-bond donors (Lipinski definition) is 0. The van der Waals surface area contributed by atoms with Crippen molar-refractivity contribution in [2.24, 2.45) is 0 Å². The third kappa shape index (κ3) is 6.50. The first-order chi connectivity index (χ1) is 30.8. The minimum atomic E-state index is -0.214. The van der Waals surface area contributed by atoms with Crippen LogP contribution < -0.4 is 24.4 Å². The molecule has 0 spiro atoms. The SMILES string of the molecule is [Pt].[c-]1c(Oc2[c-]c3c(cc2)N(c2ccccc2)B(c2ccccc2)N3c2ccccn2)cccc1-n1[c-][n+](-c2ccccc2-n2c3ccccc3c3ccccc32)c2ccccc21. The summed E-state index contributed by atoms with van der Waals surface area (Å²) < 4.78 is 13.2. The monoisotopic (exact) mass is 989 g/mol. The Morgan fingerprint density at radius 2 is 1.16 bits per heavy atom. The van der Waals surface area contributed by atoms with E-state index in [9.17, 15) is 0 Å². The number of rotatable bonds is 8. The molecule has 0 atom stereocenters. The Kier molecular flexibility index (Phi) is 9.71. The Labute approximate surface area is 379 Å². The third-order valence-corrected chi connectivity index (χ3v) is 11.6. The Morgan fingerprint density at radius 1 is 0.508 bits per heavy atom. The van der Waals surface area contributed by atoms with E-state index in [1.165, 1.54) is 10.8 Å². The van der Waals surface area contributed by atoms with Gasteiger partial charge in [-0.15, -0.1) is 30.3 Å². The van der Waals surface area contributed by atoms with Crippen LogP contribution in [0.1, 0.15) is 0 Å². The molecule has 3 aromatic heterocycles. The molecule has 302 valence electrons. The minimum absolute atomic E-state index is 0. The van der Waals surface area contributed by atoms with Gasteiger partial charge in [-0.3, -0.25) is 4.57 Å². The van der Waals surface area contributed by atoms with Gasteiger partial charge in [0.15, 0.2) is 0 Å². The number of hydrogen-bond acceptors (Lipinski definition) is 4. The fourth-order valence-corrected chi connectivity index (χ4v) is 8.98. The van der Waals surface area contributed by atoms with Gasteiger partial charge in [-0.05, 0) is 59.7 Å². The van der Waals surface area contributed by atoms with E-state index in [2.05, 4.69) is 193 Å². The summed E-state index contributed by atoms with van der Waals surface area (Å²) in [6.07, 6.45) is 5.55. The smallest absolute Gasteiger partial charge is 0.408 e. The zero-order chi connectivity index (χ0) is 41.0. The van der Waals surface area contributed by atoms with E-state index in [-0.39, 0.29) is 28.0 Å². The van der Waals surface area contributed by atoms with Crippen molar-refractivity contribution >= 4 is 68.2 Å². The second-order valence-corrected chi connectivity index (χ2v) is 15.2. The summed E-state index contributed by atoms with van der Waals surface area (Å²) in [5.74, 6) is 1.94. The van der Waals surface area contributed by atoms with Gasteiger partial charge in [0.25, 0.3) is 6.33 Å². The van der Waals surface area contributed by atoms with Gasteiger partial charge in [0, 0.05) is 55.2 Å². The molecule has 8 aromatic carbocycles. The van der Waals surface area contributed by atoms with E-state index in [1.807, 2.05) is 60.8 Å². The van der Waals surface area contributed by atoms with Crippen molar-refractivity contribution in [3.8, 4) is 28.6 Å². The number of para-hydroxylation sites is 7. The van der Waals surface area contributed by atoms with Gasteiger partial charge in [0.05, 0.1) is 33.4 Å². The molecule has 0 unspecified atom stereocenters. The van der Waals surface area contributed by atoms with E-state index in [4.69, 9.17) is 9.72 Å². The third-order valence-electron chi connectivity index (χ3n) is 11.6. The van der Waals surface area contributed by atoms with Gasteiger partial charge >= 0.3 is 6.98 Å². The van der Waals surface area contributed by atoms with Crippen molar-refractivity contribution in [2.75, 3.05) is 9.62 Å². The number of anilines is 4. The van der Waals surface area contributed by atoms with E-state index in [1.54, 1.807) is 0 Å². The molecular weight excluding hydrogens is 955 g/mol. The van der Waals surface area contributed by atoms with Crippen LogP contribution in [0.25, 0.3) is 49.9 Å².